The van der Waals surface area contributed by atoms with Gasteiger partial charge in [0.2, 0.25) is 0 Å². The van der Waals surface area contributed by atoms with E-state index in [9.17, 15) is 4.79 Å². The monoisotopic (exact) mass is 247 g/mol. The molecule has 2 amide bonds. The summed E-state index contributed by atoms with van der Waals surface area (Å²) in [5.41, 5.74) is 3.40. The maximum atomic E-state index is 12.0. The van der Waals surface area contributed by atoms with Crippen molar-refractivity contribution in [2.24, 2.45) is 0 Å². The number of nitrogens with zero attached hydrogens (tertiary/aromatic N) is 1. The zero-order valence-electron chi connectivity index (χ0n) is 11.3. The molecular formula is C14H21N3O. The maximum absolute atomic E-state index is 12.0. The van der Waals surface area contributed by atoms with Gasteiger partial charge in [0, 0.05) is 18.3 Å². The normalized spacial score (nSPS) is 19.2. The molecule has 0 bridgehead atoms. The van der Waals surface area contributed by atoms with Gasteiger partial charge >= 0.3 is 6.03 Å². The van der Waals surface area contributed by atoms with Crippen LogP contribution >= 0.6 is 0 Å². The Bertz CT molecular complexity index is 445. The summed E-state index contributed by atoms with van der Waals surface area (Å²) in [5, 5.41) is 6.14. The van der Waals surface area contributed by atoms with E-state index >= 15 is 0 Å². The van der Waals surface area contributed by atoms with E-state index in [-0.39, 0.29) is 12.1 Å². The fraction of sp³-hybridized carbons (Fsp3) is 0.500. The molecule has 0 aliphatic carbocycles. The minimum absolute atomic E-state index is 0.0167. The Morgan fingerprint density at radius 3 is 2.89 bits per heavy atom. The number of anilines is 1. The lowest BCUT2D eigenvalue weighted by atomic mass is 10.1. The van der Waals surface area contributed by atoms with E-state index in [4.69, 9.17) is 0 Å². The van der Waals surface area contributed by atoms with E-state index in [2.05, 4.69) is 36.6 Å². The Morgan fingerprint density at radius 1 is 1.44 bits per heavy atom. The van der Waals surface area contributed by atoms with Crippen LogP contribution < -0.4 is 15.5 Å². The number of hydrogen-bond donors (Lipinski definition) is 2. The predicted octanol–water partition coefficient (Wildman–Crippen LogP) is 1.81. The number of hydrogen-bond acceptors (Lipinski definition) is 2. The summed E-state index contributed by atoms with van der Waals surface area (Å²) in [7, 11) is 1.93. The highest BCUT2D eigenvalue weighted by molar-refractivity contribution is 5.95. The van der Waals surface area contributed by atoms with Crippen molar-refractivity contribution in [3.63, 3.8) is 0 Å². The Kier molecular flexibility index (Phi) is 3.87. The molecule has 0 aromatic heterocycles. The summed E-state index contributed by atoms with van der Waals surface area (Å²) in [5.74, 6) is 0. The number of aryl methyl sites for hydroxylation is 2. The van der Waals surface area contributed by atoms with Crippen LogP contribution in [0.4, 0.5) is 10.5 Å². The first-order valence-electron chi connectivity index (χ1n) is 6.41. The second-order valence-electron chi connectivity index (χ2n) is 4.94. The van der Waals surface area contributed by atoms with Gasteiger partial charge in [-0.05, 0) is 45.5 Å². The van der Waals surface area contributed by atoms with Gasteiger partial charge in [-0.3, -0.25) is 4.90 Å². The number of nitrogens with one attached hydrogen (secondary N) is 2. The van der Waals surface area contributed by atoms with Gasteiger partial charge in [-0.2, -0.15) is 0 Å². The van der Waals surface area contributed by atoms with Gasteiger partial charge in [0.25, 0.3) is 0 Å². The average Bonchev–Trinajstić information content (AvgIpc) is 2.68. The SMILES string of the molecule is CNCCC1CN(c2ccc(C)cc2C)C(=O)N1. The van der Waals surface area contributed by atoms with Gasteiger partial charge in [0.1, 0.15) is 0 Å². The molecule has 1 heterocycles. The molecule has 4 heteroatoms. The Morgan fingerprint density at radius 2 is 2.22 bits per heavy atom. The molecule has 2 rings (SSSR count). The molecule has 98 valence electrons. The minimum atomic E-state index is 0.0167. The number of amides is 2. The van der Waals surface area contributed by atoms with E-state index < -0.39 is 0 Å². The molecule has 1 aliphatic heterocycles. The van der Waals surface area contributed by atoms with Crippen molar-refractivity contribution in [3.05, 3.63) is 29.3 Å². The molecule has 1 fully saturated rings. The van der Waals surface area contributed by atoms with Crippen LogP contribution in [-0.2, 0) is 0 Å². The van der Waals surface area contributed by atoms with Crippen LogP contribution in [-0.4, -0.2) is 32.2 Å². The number of carbonyl (C=O) groups excluding carboxylic acids is 1. The average molecular weight is 247 g/mol. The summed E-state index contributed by atoms with van der Waals surface area (Å²) in [6, 6.07) is 6.46. The third kappa shape index (κ3) is 2.64. The highest BCUT2D eigenvalue weighted by Gasteiger charge is 2.29. The van der Waals surface area contributed by atoms with Gasteiger partial charge in [0.15, 0.2) is 0 Å². The maximum Gasteiger partial charge on any atom is 0.322 e. The molecule has 0 radical (unpaired) electrons. The number of benzene rings is 1. The molecule has 18 heavy (non-hydrogen) atoms. The molecule has 0 saturated carbocycles. The van der Waals surface area contributed by atoms with Crippen LogP contribution in [0.1, 0.15) is 17.5 Å². The van der Waals surface area contributed by atoms with Crippen LogP contribution in [0.3, 0.4) is 0 Å². The van der Waals surface area contributed by atoms with Crippen LogP contribution in [0.25, 0.3) is 0 Å². The van der Waals surface area contributed by atoms with E-state index in [1.165, 1.54) is 5.56 Å². The molecule has 0 spiro atoms. The fourth-order valence-corrected chi connectivity index (χ4v) is 2.40. The van der Waals surface area contributed by atoms with Gasteiger partial charge in [0.05, 0.1) is 0 Å². The van der Waals surface area contributed by atoms with E-state index in [0.29, 0.717) is 0 Å². The van der Waals surface area contributed by atoms with E-state index in [0.717, 1.165) is 30.8 Å². The minimum Gasteiger partial charge on any atom is -0.333 e. The van der Waals surface area contributed by atoms with Crippen molar-refractivity contribution in [2.75, 3.05) is 25.0 Å². The van der Waals surface area contributed by atoms with Crippen molar-refractivity contribution < 1.29 is 4.79 Å². The first kappa shape index (κ1) is 12.9. The van der Waals surface area contributed by atoms with Gasteiger partial charge in [-0.15, -0.1) is 0 Å². The molecule has 4 nitrogen and oxygen atoms in total. The Labute approximate surface area is 108 Å². The molecule has 1 atom stereocenters. The summed E-state index contributed by atoms with van der Waals surface area (Å²) in [4.78, 5) is 13.8. The summed E-state index contributed by atoms with van der Waals surface area (Å²) in [6.45, 7) is 5.79. The molecule has 1 saturated heterocycles. The van der Waals surface area contributed by atoms with E-state index in [1.807, 2.05) is 18.0 Å². The summed E-state index contributed by atoms with van der Waals surface area (Å²) < 4.78 is 0. The van der Waals surface area contributed by atoms with Crippen LogP contribution in [0, 0.1) is 13.8 Å². The highest BCUT2D eigenvalue weighted by atomic mass is 16.2. The highest BCUT2D eigenvalue weighted by Crippen LogP contribution is 2.24. The molecule has 1 aromatic rings. The first-order valence-corrected chi connectivity index (χ1v) is 6.41. The van der Waals surface area contributed by atoms with Crippen LogP contribution in [0.2, 0.25) is 0 Å². The predicted molar refractivity (Wildman–Crippen MR) is 74.1 cm³/mol. The second kappa shape index (κ2) is 5.40. The smallest absolute Gasteiger partial charge is 0.322 e. The largest absolute Gasteiger partial charge is 0.333 e. The number of rotatable bonds is 4. The Hall–Kier alpha value is -1.55. The van der Waals surface area contributed by atoms with Crippen molar-refractivity contribution in [1.82, 2.24) is 10.6 Å². The molecule has 1 unspecified atom stereocenters. The number of urea groups is 1. The zero-order chi connectivity index (χ0) is 13.1. The topological polar surface area (TPSA) is 44.4 Å². The lowest BCUT2D eigenvalue weighted by molar-refractivity contribution is 0.250. The molecule has 2 N–H and O–H groups in total. The lowest BCUT2D eigenvalue weighted by Crippen LogP contribution is -2.30. The van der Waals surface area contributed by atoms with Crippen molar-refractivity contribution in [3.8, 4) is 0 Å². The lowest BCUT2D eigenvalue weighted by Gasteiger charge is -2.17. The quantitative estimate of drug-likeness (QED) is 0.852. The fourth-order valence-electron chi connectivity index (χ4n) is 2.40. The van der Waals surface area contributed by atoms with Crippen molar-refractivity contribution >= 4 is 11.7 Å². The van der Waals surface area contributed by atoms with Gasteiger partial charge in [-0.25, -0.2) is 4.79 Å². The zero-order valence-corrected chi connectivity index (χ0v) is 11.3. The third-order valence-corrected chi connectivity index (χ3v) is 3.36. The van der Waals surface area contributed by atoms with Crippen molar-refractivity contribution in [2.45, 2.75) is 26.3 Å². The standard InChI is InChI=1S/C14H21N3O/c1-10-4-5-13(11(2)8-10)17-9-12(6-7-15-3)16-14(17)18/h4-5,8,12,15H,6-7,9H2,1-3H3,(H,16,18). The number of carbonyl (C=O) groups is 1. The molecule has 1 aliphatic rings. The summed E-state index contributed by atoms with van der Waals surface area (Å²) >= 11 is 0. The van der Waals surface area contributed by atoms with Crippen molar-refractivity contribution in [1.29, 1.82) is 0 Å². The Balaban J connectivity index is 2.11. The second-order valence-corrected chi connectivity index (χ2v) is 4.94. The van der Waals surface area contributed by atoms with Crippen LogP contribution in [0.5, 0.6) is 0 Å². The van der Waals surface area contributed by atoms with Gasteiger partial charge < -0.3 is 10.6 Å². The molecular weight excluding hydrogens is 226 g/mol. The first-order chi connectivity index (χ1) is 8.61. The van der Waals surface area contributed by atoms with Crippen LogP contribution in [0.15, 0.2) is 18.2 Å². The van der Waals surface area contributed by atoms with E-state index in [1.54, 1.807) is 0 Å². The third-order valence-electron chi connectivity index (χ3n) is 3.36. The summed E-state index contributed by atoms with van der Waals surface area (Å²) in [6.07, 6.45) is 0.962. The van der Waals surface area contributed by atoms with Gasteiger partial charge in [-0.1, -0.05) is 17.7 Å². The molecule has 1 aromatic carbocycles.